The number of fused-ring (bicyclic) bond motifs is 1. The minimum Gasteiger partial charge on any atom is -0.321 e. The number of aryl methyl sites for hydroxylation is 2. The van der Waals surface area contributed by atoms with Crippen LogP contribution in [0.25, 0.3) is 10.9 Å². The number of H-pyrrole nitrogens is 1. The Balaban J connectivity index is 1.88. The van der Waals surface area contributed by atoms with Gasteiger partial charge in [-0.3, -0.25) is 9.89 Å². The van der Waals surface area contributed by atoms with Gasteiger partial charge in [-0.15, -0.1) is 0 Å². The molecule has 0 radical (unpaired) electrons. The van der Waals surface area contributed by atoms with Crippen LogP contribution >= 0.6 is 0 Å². The van der Waals surface area contributed by atoms with Crippen molar-refractivity contribution in [2.45, 2.75) is 13.8 Å². The van der Waals surface area contributed by atoms with Crippen LogP contribution in [0.2, 0.25) is 0 Å². The number of pyridine rings is 1. The molecule has 0 saturated heterocycles. The molecule has 0 aliphatic carbocycles. The molecule has 0 aliphatic heterocycles. The molecule has 0 atom stereocenters. The monoisotopic (exact) mass is 291 g/mol. The molecule has 0 unspecified atom stereocenters. The summed E-state index contributed by atoms with van der Waals surface area (Å²) in [7, 11) is 0. The van der Waals surface area contributed by atoms with Crippen molar-refractivity contribution in [3.05, 3.63) is 53.0 Å². The second-order valence-electron chi connectivity index (χ2n) is 5.04. The van der Waals surface area contributed by atoms with Gasteiger partial charge < -0.3 is 5.32 Å². The predicted octanol–water partition coefficient (Wildman–Crippen LogP) is 2.70. The molecule has 22 heavy (non-hydrogen) atoms. The van der Waals surface area contributed by atoms with Crippen LogP contribution in [0.1, 0.15) is 27.3 Å². The quantitative estimate of drug-likeness (QED) is 0.759. The zero-order valence-corrected chi connectivity index (χ0v) is 12.1. The first-order valence-corrected chi connectivity index (χ1v) is 6.71. The lowest BCUT2D eigenvalue weighted by Gasteiger charge is -2.07. The van der Waals surface area contributed by atoms with Crippen LogP contribution < -0.4 is 5.32 Å². The molecule has 1 aromatic carbocycles. The fourth-order valence-corrected chi connectivity index (χ4v) is 2.29. The van der Waals surface area contributed by atoms with E-state index in [0.29, 0.717) is 22.5 Å². The van der Waals surface area contributed by atoms with Crippen LogP contribution in [0.3, 0.4) is 0 Å². The standard InChI is InChI=1S/C16H13N5O/c1-9-5-11(7-17)8-18-15(9)16(22)19-12-3-4-13-10(2)20-21-14(13)6-12/h3-6,8H,1-2H3,(H,19,22)(H,20,21). The molecule has 2 heterocycles. The highest BCUT2D eigenvalue weighted by Crippen LogP contribution is 2.20. The van der Waals surface area contributed by atoms with Gasteiger partial charge in [-0.25, -0.2) is 4.98 Å². The van der Waals surface area contributed by atoms with Gasteiger partial charge in [0.05, 0.1) is 11.1 Å². The Morgan fingerprint density at radius 1 is 1.32 bits per heavy atom. The van der Waals surface area contributed by atoms with E-state index in [-0.39, 0.29) is 5.91 Å². The number of rotatable bonds is 2. The van der Waals surface area contributed by atoms with E-state index >= 15 is 0 Å². The number of carbonyl (C=O) groups excluding carboxylic acids is 1. The topological polar surface area (TPSA) is 94.5 Å². The van der Waals surface area contributed by atoms with Crippen LogP contribution in [0.15, 0.2) is 30.5 Å². The molecule has 0 bridgehead atoms. The van der Waals surface area contributed by atoms with Gasteiger partial charge in [-0.2, -0.15) is 10.4 Å². The van der Waals surface area contributed by atoms with Crippen molar-refractivity contribution in [2.75, 3.05) is 5.32 Å². The number of nitrogens with one attached hydrogen (secondary N) is 2. The molecule has 3 aromatic rings. The Kier molecular flexibility index (Phi) is 3.31. The summed E-state index contributed by atoms with van der Waals surface area (Å²) in [5.41, 5.74) is 3.82. The van der Waals surface area contributed by atoms with E-state index in [2.05, 4.69) is 20.5 Å². The lowest BCUT2D eigenvalue weighted by Crippen LogP contribution is -2.15. The van der Waals surface area contributed by atoms with Crippen LogP contribution in [-0.4, -0.2) is 21.1 Å². The molecular formula is C16H13N5O. The van der Waals surface area contributed by atoms with E-state index < -0.39 is 0 Å². The minimum atomic E-state index is -0.311. The molecule has 2 N–H and O–H groups in total. The number of amides is 1. The van der Waals surface area contributed by atoms with Gasteiger partial charge in [0.2, 0.25) is 0 Å². The van der Waals surface area contributed by atoms with Gasteiger partial charge in [0.25, 0.3) is 5.91 Å². The Morgan fingerprint density at radius 2 is 2.14 bits per heavy atom. The Morgan fingerprint density at radius 3 is 2.86 bits per heavy atom. The van der Waals surface area contributed by atoms with Crippen LogP contribution in [-0.2, 0) is 0 Å². The predicted molar refractivity (Wildman–Crippen MR) is 82.5 cm³/mol. The largest absolute Gasteiger partial charge is 0.321 e. The van der Waals surface area contributed by atoms with E-state index in [1.807, 2.05) is 25.1 Å². The van der Waals surface area contributed by atoms with Crippen molar-refractivity contribution in [3.63, 3.8) is 0 Å². The number of carbonyl (C=O) groups is 1. The zero-order valence-electron chi connectivity index (χ0n) is 12.1. The maximum absolute atomic E-state index is 12.3. The number of aromatic nitrogens is 3. The summed E-state index contributed by atoms with van der Waals surface area (Å²) in [5, 5.41) is 19.7. The average Bonchev–Trinajstić information content (AvgIpc) is 2.87. The Hall–Kier alpha value is -3.20. The van der Waals surface area contributed by atoms with Crippen LogP contribution in [0, 0.1) is 25.2 Å². The highest BCUT2D eigenvalue weighted by atomic mass is 16.1. The molecule has 6 heteroatoms. The van der Waals surface area contributed by atoms with E-state index in [4.69, 9.17) is 5.26 Å². The molecule has 0 fully saturated rings. The number of hydrogen-bond acceptors (Lipinski definition) is 4. The summed E-state index contributed by atoms with van der Waals surface area (Å²) >= 11 is 0. The first-order valence-electron chi connectivity index (χ1n) is 6.71. The van der Waals surface area contributed by atoms with E-state index in [9.17, 15) is 4.79 Å². The average molecular weight is 291 g/mol. The lowest BCUT2D eigenvalue weighted by atomic mass is 10.1. The van der Waals surface area contributed by atoms with Crippen LogP contribution in [0.4, 0.5) is 5.69 Å². The van der Waals surface area contributed by atoms with Crippen molar-refractivity contribution >= 4 is 22.5 Å². The molecule has 3 rings (SSSR count). The number of hydrogen-bond donors (Lipinski definition) is 2. The summed E-state index contributed by atoms with van der Waals surface area (Å²) in [6.45, 7) is 3.70. The number of nitriles is 1. The molecule has 2 aromatic heterocycles. The first-order chi connectivity index (χ1) is 10.6. The van der Waals surface area contributed by atoms with Crippen LogP contribution in [0.5, 0.6) is 0 Å². The normalized spacial score (nSPS) is 10.4. The Labute approximate surface area is 126 Å². The molecule has 0 aliphatic rings. The fraction of sp³-hybridized carbons (Fsp3) is 0.125. The van der Waals surface area contributed by atoms with Crippen molar-refractivity contribution < 1.29 is 4.79 Å². The van der Waals surface area contributed by atoms with Gasteiger partial charge in [0, 0.05) is 23.0 Å². The summed E-state index contributed by atoms with van der Waals surface area (Å²) in [6.07, 6.45) is 1.39. The summed E-state index contributed by atoms with van der Waals surface area (Å²) in [5.74, 6) is -0.311. The summed E-state index contributed by atoms with van der Waals surface area (Å²) < 4.78 is 0. The van der Waals surface area contributed by atoms with Crippen molar-refractivity contribution in [3.8, 4) is 6.07 Å². The maximum Gasteiger partial charge on any atom is 0.274 e. The summed E-state index contributed by atoms with van der Waals surface area (Å²) in [4.78, 5) is 16.3. The molecular weight excluding hydrogens is 278 g/mol. The maximum atomic E-state index is 12.3. The van der Waals surface area contributed by atoms with Crippen molar-refractivity contribution in [1.29, 1.82) is 5.26 Å². The molecule has 6 nitrogen and oxygen atoms in total. The highest BCUT2D eigenvalue weighted by Gasteiger charge is 2.12. The van der Waals surface area contributed by atoms with Gasteiger partial charge in [-0.1, -0.05) is 0 Å². The Bertz CT molecular complexity index is 920. The second kappa shape index (κ2) is 5.30. The molecule has 0 saturated carbocycles. The van der Waals surface area contributed by atoms with Crippen molar-refractivity contribution in [2.24, 2.45) is 0 Å². The minimum absolute atomic E-state index is 0.303. The van der Waals surface area contributed by atoms with Gasteiger partial charge >= 0.3 is 0 Å². The number of benzene rings is 1. The number of anilines is 1. The third-order valence-electron chi connectivity index (χ3n) is 3.43. The third-order valence-corrected chi connectivity index (χ3v) is 3.43. The van der Waals surface area contributed by atoms with E-state index in [1.165, 1.54) is 6.20 Å². The van der Waals surface area contributed by atoms with E-state index in [0.717, 1.165) is 16.6 Å². The van der Waals surface area contributed by atoms with Gasteiger partial charge in [0.15, 0.2) is 0 Å². The number of nitrogens with zero attached hydrogens (tertiary/aromatic N) is 3. The molecule has 1 amide bonds. The van der Waals surface area contributed by atoms with E-state index in [1.54, 1.807) is 19.1 Å². The molecule has 0 spiro atoms. The zero-order chi connectivity index (χ0) is 15.7. The van der Waals surface area contributed by atoms with Gasteiger partial charge in [0.1, 0.15) is 11.8 Å². The summed E-state index contributed by atoms with van der Waals surface area (Å²) in [6, 6.07) is 9.17. The fourth-order valence-electron chi connectivity index (χ4n) is 2.29. The second-order valence-corrected chi connectivity index (χ2v) is 5.04. The number of aromatic amines is 1. The van der Waals surface area contributed by atoms with Crippen molar-refractivity contribution in [1.82, 2.24) is 15.2 Å². The lowest BCUT2D eigenvalue weighted by molar-refractivity contribution is 0.102. The highest BCUT2D eigenvalue weighted by molar-refractivity contribution is 6.04. The van der Waals surface area contributed by atoms with Gasteiger partial charge in [-0.05, 0) is 43.7 Å². The molecule has 108 valence electrons. The first kappa shape index (κ1) is 13.8. The third kappa shape index (κ3) is 2.40. The smallest absolute Gasteiger partial charge is 0.274 e. The SMILES string of the molecule is Cc1cc(C#N)cnc1C(=O)Nc1ccc2c(C)[nH]nc2c1.